The lowest BCUT2D eigenvalue weighted by atomic mass is 10.1. The number of carbonyl (C=O) groups excluding carboxylic acids is 2. The molecule has 0 fully saturated rings. The molecule has 3 rings (SSSR count). The number of nitrogens with one attached hydrogen (secondary N) is 2. The Balaban J connectivity index is 1.49. The first-order chi connectivity index (χ1) is 14.5. The lowest BCUT2D eigenvalue weighted by Crippen LogP contribution is -2.25. The molecule has 30 heavy (non-hydrogen) atoms. The number of methoxy groups -OCH3 is 1. The van der Waals surface area contributed by atoms with Gasteiger partial charge in [0, 0.05) is 24.1 Å². The molecule has 0 aliphatic heterocycles. The van der Waals surface area contributed by atoms with Gasteiger partial charge < -0.3 is 10.1 Å². The summed E-state index contributed by atoms with van der Waals surface area (Å²) in [6.45, 7) is 2.16. The third-order valence-corrected chi connectivity index (χ3v) is 5.08. The van der Waals surface area contributed by atoms with Crippen molar-refractivity contribution in [2.45, 2.75) is 13.3 Å². The van der Waals surface area contributed by atoms with E-state index in [2.05, 4.69) is 20.8 Å². The fourth-order valence-corrected chi connectivity index (χ4v) is 3.35. The van der Waals surface area contributed by atoms with Gasteiger partial charge in [0.1, 0.15) is 10.8 Å². The fourth-order valence-electron chi connectivity index (χ4n) is 2.61. The van der Waals surface area contributed by atoms with Gasteiger partial charge in [-0.3, -0.25) is 14.9 Å². The molecule has 2 amide bonds. The molecular formula is C22H22N4O3S. The Bertz CT molecular complexity index is 1050. The molecule has 0 aliphatic carbocycles. The Morgan fingerprint density at radius 1 is 1.10 bits per heavy atom. The van der Waals surface area contributed by atoms with Crippen LogP contribution in [0.2, 0.25) is 0 Å². The monoisotopic (exact) mass is 422 g/mol. The molecule has 0 unspecified atom stereocenters. The fraction of sp³-hybridized carbons (Fsp3) is 0.182. The summed E-state index contributed by atoms with van der Waals surface area (Å²) in [5.41, 5.74) is 2.05. The van der Waals surface area contributed by atoms with Crippen molar-refractivity contribution in [3.63, 3.8) is 0 Å². The maximum absolute atomic E-state index is 12.3. The zero-order valence-electron chi connectivity index (χ0n) is 16.7. The van der Waals surface area contributed by atoms with E-state index in [-0.39, 0.29) is 11.8 Å². The summed E-state index contributed by atoms with van der Waals surface area (Å²) in [4.78, 5) is 24.5. The van der Waals surface area contributed by atoms with Crippen LogP contribution in [0.1, 0.15) is 27.9 Å². The average Bonchev–Trinajstić information content (AvgIpc) is 3.21. The van der Waals surface area contributed by atoms with Crippen LogP contribution >= 0.6 is 11.3 Å². The van der Waals surface area contributed by atoms with Gasteiger partial charge in [-0.15, -0.1) is 10.2 Å². The van der Waals surface area contributed by atoms with Crippen LogP contribution in [0, 0.1) is 0 Å². The molecule has 8 heteroatoms. The quantitative estimate of drug-likeness (QED) is 0.542. The molecule has 0 bridgehead atoms. The minimum absolute atomic E-state index is 0.186. The topological polar surface area (TPSA) is 93.2 Å². The van der Waals surface area contributed by atoms with Crippen molar-refractivity contribution in [1.82, 2.24) is 15.5 Å². The zero-order chi connectivity index (χ0) is 21.3. The van der Waals surface area contributed by atoms with Crippen molar-refractivity contribution in [2.75, 3.05) is 19.0 Å². The van der Waals surface area contributed by atoms with Gasteiger partial charge in [-0.2, -0.15) is 0 Å². The van der Waals surface area contributed by atoms with Gasteiger partial charge in [0.2, 0.25) is 5.13 Å². The number of anilines is 1. The number of aromatic nitrogens is 2. The maximum Gasteiger partial charge on any atom is 0.253 e. The summed E-state index contributed by atoms with van der Waals surface area (Å²) in [6.07, 6.45) is 2.33. The lowest BCUT2D eigenvalue weighted by Gasteiger charge is -2.05. The lowest BCUT2D eigenvalue weighted by molar-refractivity contribution is -0.112. The Morgan fingerprint density at radius 2 is 1.90 bits per heavy atom. The van der Waals surface area contributed by atoms with Crippen molar-refractivity contribution >= 4 is 34.4 Å². The van der Waals surface area contributed by atoms with E-state index in [1.54, 1.807) is 38.3 Å². The highest BCUT2D eigenvalue weighted by atomic mass is 32.1. The normalized spacial score (nSPS) is 11.1. The van der Waals surface area contributed by atoms with Crippen LogP contribution in [0.3, 0.4) is 0 Å². The summed E-state index contributed by atoms with van der Waals surface area (Å²) < 4.78 is 5.13. The number of hydrogen-bond donors (Lipinski definition) is 2. The van der Waals surface area contributed by atoms with Gasteiger partial charge in [-0.25, -0.2) is 0 Å². The van der Waals surface area contributed by atoms with Crippen LogP contribution in [0.5, 0.6) is 5.75 Å². The highest BCUT2D eigenvalue weighted by molar-refractivity contribution is 7.15. The summed E-state index contributed by atoms with van der Waals surface area (Å²) in [6, 6.07) is 16.6. The molecule has 0 saturated heterocycles. The number of nitrogens with zero attached hydrogens (tertiary/aromatic N) is 2. The van der Waals surface area contributed by atoms with Gasteiger partial charge in [-0.1, -0.05) is 47.7 Å². The van der Waals surface area contributed by atoms with E-state index in [9.17, 15) is 9.59 Å². The Kier molecular flexibility index (Phi) is 7.29. The second kappa shape index (κ2) is 10.3. The minimum Gasteiger partial charge on any atom is -0.497 e. The second-order valence-corrected chi connectivity index (χ2v) is 7.49. The number of rotatable bonds is 8. The Morgan fingerprint density at radius 3 is 2.67 bits per heavy atom. The van der Waals surface area contributed by atoms with Crippen molar-refractivity contribution < 1.29 is 14.3 Å². The summed E-state index contributed by atoms with van der Waals surface area (Å²) >= 11 is 1.29. The largest absolute Gasteiger partial charge is 0.497 e. The molecule has 1 aromatic heterocycles. The number of amides is 2. The van der Waals surface area contributed by atoms with Gasteiger partial charge >= 0.3 is 0 Å². The first kappa shape index (κ1) is 21.2. The number of hydrogen-bond acceptors (Lipinski definition) is 6. The van der Waals surface area contributed by atoms with Crippen molar-refractivity contribution in [3.05, 3.63) is 76.3 Å². The summed E-state index contributed by atoms with van der Waals surface area (Å²) in [7, 11) is 1.56. The molecule has 0 spiro atoms. The first-order valence-corrected chi connectivity index (χ1v) is 10.2. The predicted molar refractivity (Wildman–Crippen MR) is 118 cm³/mol. The predicted octanol–water partition coefficient (Wildman–Crippen LogP) is 3.56. The van der Waals surface area contributed by atoms with E-state index in [4.69, 9.17) is 4.74 Å². The number of ether oxygens (including phenoxy) is 1. The highest BCUT2D eigenvalue weighted by Crippen LogP contribution is 2.17. The molecule has 154 valence electrons. The van der Waals surface area contributed by atoms with Crippen LogP contribution < -0.4 is 15.4 Å². The molecule has 0 aliphatic rings. The molecule has 0 saturated carbocycles. The molecular weight excluding hydrogens is 400 g/mol. The van der Waals surface area contributed by atoms with Crippen LogP contribution in [0.4, 0.5) is 5.13 Å². The maximum atomic E-state index is 12.3. The molecule has 7 nitrogen and oxygen atoms in total. The molecule has 2 aromatic carbocycles. The van der Waals surface area contributed by atoms with Gasteiger partial charge in [0.25, 0.3) is 11.8 Å². The molecule has 0 atom stereocenters. The third-order valence-electron chi connectivity index (χ3n) is 4.18. The van der Waals surface area contributed by atoms with E-state index >= 15 is 0 Å². The van der Waals surface area contributed by atoms with Crippen LogP contribution in [0.15, 0.2) is 60.2 Å². The SMILES string of the molecule is COc1cccc(C(=O)NCCc2nnc(NC(=O)/C(C)=C/c3ccccc3)s2)c1. The van der Waals surface area contributed by atoms with Crippen molar-refractivity contribution in [3.8, 4) is 5.75 Å². The van der Waals surface area contributed by atoms with E-state index in [0.717, 1.165) is 10.6 Å². The van der Waals surface area contributed by atoms with E-state index in [1.165, 1.54) is 11.3 Å². The number of carbonyl (C=O) groups is 2. The molecule has 1 heterocycles. The molecule has 3 aromatic rings. The smallest absolute Gasteiger partial charge is 0.253 e. The van der Waals surface area contributed by atoms with Crippen molar-refractivity contribution in [2.24, 2.45) is 0 Å². The van der Waals surface area contributed by atoms with E-state index in [1.807, 2.05) is 36.4 Å². The molecule has 0 radical (unpaired) electrons. The second-order valence-electron chi connectivity index (χ2n) is 6.43. The summed E-state index contributed by atoms with van der Waals surface area (Å²) in [5.74, 6) is 0.213. The van der Waals surface area contributed by atoms with Gasteiger partial charge in [0.15, 0.2) is 0 Å². The third kappa shape index (κ3) is 5.99. The van der Waals surface area contributed by atoms with E-state index < -0.39 is 0 Å². The van der Waals surface area contributed by atoms with Gasteiger partial charge in [-0.05, 0) is 36.8 Å². The van der Waals surface area contributed by atoms with Gasteiger partial charge in [0.05, 0.1) is 7.11 Å². The number of benzene rings is 2. The standard InChI is InChI=1S/C22H22N4O3S/c1-15(13-16-7-4-3-5-8-16)20(27)24-22-26-25-19(30-22)11-12-23-21(28)17-9-6-10-18(14-17)29-2/h3-10,13-14H,11-12H2,1-2H3,(H,23,28)(H,24,26,27)/b15-13+. The average molecular weight is 423 g/mol. The van der Waals surface area contributed by atoms with Crippen LogP contribution in [0.25, 0.3) is 6.08 Å². The molecule has 2 N–H and O–H groups in total. The zero-order valence-corrected chi connectivity index (χ0v) is 17.5. The minimum atomic E-state index is -0.229. The Hall–Kier alpha value is -3.52. The first-order valence-electron chi connectivity index (χ1n) is 9.34. The highest BCUT2D eigenvalue weighted by Gasteiger charge is 2.11. The van der Waals surface area contributed by atoms with E-state index in [0.29, 0.717) is 35.0 Å². The summed E-state index contributed by atoms with van der Waals surface area (Å²) in [5, 5.41) is 14.8. The Labute approximate surface area is 178 Å². The van der Waals surface area contributed by atoms with Crippen LogP contribution in [-0.2, 0) is 11.2 Å². The van der Waals surface area contributed by atoms with Crippen molar-refractivity contribution in [1.29, 1.82) is 0 Å². The van der Waals surface area contributed by atoms with Crippen LogP contribution in [-0.4, -0.2) is 35.7 Å².